The summed E-state index contributed by atoms with van der Waals surface area (Å²) in [6, 6.07) is 7.16. The number of nitrogens with two attached hydrogens (primary N) is 1. The maximum atomic E-state index is 12.2. The molecule has 0 saturated heterocycles. The van der Waals surface area contributed by atoms with Gasteiger partial charge in [0.1, 0.15) is 0 Å². The Morgan fingerprint density at radius 3 is 2.52 bits per heavy atom. The number of halogens is 1. The van der Waals surface area contributed by atoms with Gasteiger partial charge in [-0.15, -0.1) is 12.4 Å². The SMILES string of the molecule is CC(C)(C)Cc1nc(-c2cccc(C(=O)NCC(C)(C)N)c2)no1.Cl. The molecule has 0 saturated carbocycles. The molecule has 7 heteroatoms. The fraction of sp³-hybridized carbons (Fsp3) is 0.500. The first kappa shape index (κ1) is 21.1. The second-order valence-electron chi connectivity index (χ2n) is 8.00. The summed E-state index contributed by atoms with van der Waals surface area (Å²) < 4.78 is 5.31. The van der Waals surface area contributed by atoms with Gasteiger partial charge >= 0.3 is 0 Å². The Balaban J connectivity index is 0.00000312. The maximum Gasteiger partial charge on any atom is 0.251 e. The molecule has 0 aliphatic heterocycles. The van der Waals surface area contributed by atoms with Gasteiger partial charge in [-0.2, -0.15) is 4.98 Å². The summed E-state index contributed by atoms with van der Waals surface area (Å²) >= 11 is 0. The monoisotopic (exact) mass is 366 g/mol. The minimum Gasteiger partial charge on any atom is -0.350 e. The van der Waals surface area contributed by atoms with E-state index >= 15 is 0 Å². The number of aromatic nitrogens is 2. The third-order valence-electron chi connectivity index (χ3n) is 3.24. The van der Waals surface area contributed by atoms with Crippen molar-refractivity contribution in [2.75, 3.05) is 6.54 Å². The van der Waals surface area contributed by atoms with Crippen molar-refractivity contribution in [1.29, 1.82) is 0 Å². The molecule has 1 aromatic heterocycles. The van der Waals surface area contributed by atoms with E-state index < -0.39 is 5.54 Å². The Morgan fingerprint density at radius 1 is 1.24 bits per heavy atom. The van der Waals surface area contributed by atoms with Gasteiger partial charge in [0.15, 0.2) is 0 Å². The largest absolute Gasteiger partial charge is 0.350 e. The topological polar surface area (TPSA) is 94.0 Å². The molecular formula is C18H27ClN4O2. The van der Waals surface area contributed by atoms with Crippen LogP contribution in [0.3, 0.4) is 0 Å². The highest BCUT2D eigenvalue weighted by molar-refractivity contribution is 5.95. The molecule has 138 valence electrons. The van der Waals surface area contributed by atoms with Gasteiger partial charge in [0.2, 0.25) is 11.7 Å². The number of rotatable bonds is 5. The van der Waals surface area contributed by atoms with E-state index in [4.69, 9.17) is 10.3 Å². The lowest BCUT2D eigenvalue weighted by Crippen LogP contribution is -2.45. The molecule has 1 aromatic carbocycles. The third-order valence-corrected chi connectivity index (χ3v) is 3.24. The molecule has 0 atom stereocenters. The lowest BCUT2D eigenvalue weighted by molar-refractivity contribution is 0.0946. The Bertz CT molecular complexity index is 714. The first-order chi connectivity index (χ1) is 11.0. The van der Waals surface area contributed by atoms with Crippen LogP contribution in [0.4, 0.5) is 0 Å². The van der Waals surface area contributed by atoms with Crippen molar-refractivity contribution in [3.8, 4) is 11.4 Å². The molecule has 2 aromatic rings. The van der Waals surface area contributed by atoms with E-state index in [0.29, 0.717) is 30.2 Å². The highest BCUT2D eigenvalue weighted by Crippen LogP contribution is 2.22. The number of hydrogen-bond donors (Lipinski definition) is 2. The Labute approximate surface area is 155 Å². The maximum absolute atomic E-state index is 12.2. The van der Waals surface area contributed by atoms with Gasteiger partial charge in [-0.3, -0.25) is 4.79 Å². The number of nitrogens with one attached hydrogen (secondary N) is 1. The second kappa shape index (κ2) is 7.97. The number of hydrogen-bond acceptors (Lipinski definition) is 5. The molecule has 3 N–H and O–H groups in total. The average molecular weight is 367 g/mol. The van der Waals surface area contributed by atoms with Crippen LogP contribution in [0.1, 0.15) is 50.9 Å². The van der Waals surface area contributed by atoms with Crippen molar-refractivity contribution in [3.05, 3.63) is 35.7 Å². The molecule has 0 radical (unpaired) electrons. The zero-order chi connectivity index (χ0) is 18.0. The zero-order valence-electron chi connectivity index (χ0n) is 15.4. The Morgan fingerprint density at radius 2 is 1.92 bits per heavy atom. The normalized spacial score (nSPS) is 11.8. The molecule has 0 aliphatic rings. The Kier molecular flexibility index (Phi) is 6.74. The molecule has 0 bridgehead atoms. The van der Waals surface area contributed by atoms with Crippen LogP contribution in [0.5, 0.6) is 0 Å². The molecule has 2 rings (SSSR count). The third kappa shape index (κ3) is 6.84. The summed E-state index contributed by atoms with van der Waals surface area (Å²) in [5, 5.41) is 6.84. The van der Waals surface area contributed by atoms with E-state index in [1.807, 2.05) is 19.9 Å². The fourth-order valence-corrected chi connectivity index (χ4v) is 2.11. The lowest BCUT2D eigenvalue weighted by Gasteiger charge is -2.18. The van der Waals surface area contributed by atoms with E-state index in [9.17, 15) is 4.79 Å². The number of carbonyl (C=O) groups excluding carboxylic acids is 1. The molecular weight excluding hydrogens is 340 g/mol. The van der Waals surface area contributed by atoms with Crippen LogP contribution < -0.4 is 11.1 Å². The predicted molar refractivity (Wildman–Crippen MR) is 101 cm³/mol. The quantitative estimate of drug-likeness (QED) is 0.847. The van der Waals surface area contributed by atoms with Crippen molar-refractivity contribution in [2.24, 2.45) is 11.1 Å². The van der Waals surface area contributed by atoms with Crippen LogP contribution in [-0.2, 0) is 6.42 Å². The molecule has 0 aliphatic carbocycles. The number of benzene rings is 1. The van der Waals surface area contributed by atoms with E-state index in [1.54, 1.807) is 18.2 Å². The summed E-state index contributed by atoms with van der Waals surface area (Å²) in [5.41, 5.74) is 6.79. The van der Waals surface area contributed by atoms with Gasteiger partial charge in [-0.05, 0) is 31.4 Å². The molecule has 1 heterocycles. The van der Waals surface area contributed by atoms with Crippen LogP contribution in [0.15, 0.2) is 28.8 Å². The number of nitrogens with zero attached hydrogens (tertiary/aromatic N) is 2. The van der Waals surface area contributed by atoms with E-state index in [2.05, 4.69) is 36.2 Å². The van der Waals surface area contributed by atoms with Crippen LogP contribution in [-0.4, -0.2) is 28.1 Å². The van der Waals surface area contributed by atoms with Crippen molar-refractivity contribution in [1.82, 2.24) is 15.5 Å². The van der Waals surface area contributed by atoms with Gasteiger partial charge in [0.25, 0.3) is 5.91 Å². The molecule has 6 nitrogen and oxygen atoms in total. The van der Waals surface area contributed by atoms with Crippen LogP contribution >= 0.6 is 12.4 Å². The van der Waals surface area contributed by atoms with Crippen molar-refractivity contribution in [3.63, 3.8) is 0 Å². The van der Waals surface area contributed by atoms with Crippen molar-refractivity contribution >= 4 is 18.3 Å². The Hall–Kier alpha value is -1.92. The average Bonchev–Trinajstić information content (AvgIpc) is 2.90. The molecule has 25 heavy (non-hydrogen) atoms. The van der Waals surface area contributed by atoms with Crippen molar-refractivity contribution < 1.29 is 9.32 Å². The smallest absolute Gasteiger partial charge is 0.251 e. The summed E-state index contributed by atoms with van der Waals surface area (Å²) in [4.78, 5) is 16.7. The number of carbonyl (C=O) groups is 1. The van der Waals surface area contributed by atoms with Gasteiger partial charge in [0, 0.05) is 29.6 Å². The van der Waals surface area contributed by atoms with E-state index in [-0.39, 0.29) is 23.7 Å². The van der Waals surface area contributed by atoms with Gasteiger partial charge < -0.3 is 15.6 Å². The number of amides is 1. The minimum absolute atomic E-state index is 0. The van der Waals surface area contributed by atoms with E-state index in [0.717, 1.165) is 5.56 Å². The van der Waals surface area contributed by atoms with Crippen LogP contribution in [0.2, 0.25) is 0 Å². The van der Waals surface area contributed by atoms with Crippen LogP contribution in [0, 0.1) is 5.41 Å². The van der Waals surface area contributed by atoms with E-state index in [1.165, 1.54) is 0 Å². The summed E-state index contributed by atoms with van der Waals surface area (Å²) in [6.07, 6.45) is 0.700. The predicted octanol–water partition coefficient (Wildman–Crippen LogP) is 3.21. The van der Waals surface area contributed by atoms with Crippen LogP contribution in [0.25, 0.3) is 11.4 Å². The molecule has 0 spiro atoms. The first-order valence-corrected chi connectivity index (χ1v) is 8.04. The van der Waals surface area contributed by atoms with Crippen molar-refractivity contribution in [2.45, 2.75) is 46.6 Å². The standard InChI is InChI=1S/C18H26N4O2.ClH/c1-17(2,3)10-14-21-15(22-24-14)12-7-6-8-13(9-12)16(23)20-11-18(4,5)19;/h6-9H,10-11,19H2,1-5H3,(H,20,23);1H. The zero-order valence-corrected chi connectivity index (χ0v) is 16.2. The molecule has 0 unspecified atom stereocenters. The van der Waals surface area contributed by atoms with Gasteiger partial charge in [-0.25, -0.2) is 0 Å². The lowest BCUT2D eigenvalue weighted by atomic mass is 9.92. The highest BCUT2D eigenvalue weighted by atomic mass is 35.5. The summed E-state index contributed by atoms with van der Waals surface area (Å²) in [5.74, 6) is 0.911. The van der Waals surface area contributed by atoms with Gasteiger partial charge in [0.05, 0.1) is 0 Å². The second-order valence-corrected chi connectivity index (χ2v) is 8.00. The minimum atomic E-state index is -0.456. The molecule has 0 fully saturated rings. The first-order valence-electron chi connectivity index (χ1n) is 8.04. The summed E-state index contributed by atoms with van der Waals surface area (Å²) in [7, 11) is 0. The fourth-order valence-electron chi connectivity index (χ4n) is 2.11. The highest BCUT2D eigenvalue weighted by Gasteiger charge is 2.18. The molecule has 1 amide bonds. The van der Waals surface area contributed by atoms with Gasteiger partial charge in [-0.1, -0.05) is 38.1 Å². The summed E-state index contributed by atoms with van der Waals surface area (Å²) in [6.45, 7) is 10.5.